The van der Waals surface area contributed by atoms with Crippen LogP contribution in [-0.2, 0) is 4.79 Å². The molecule has 1 aromatic carbocycles. The van der Waals surface area contributed by atoms with Gasteiger partial charge in [-0.3, -0.25) is 4.90 Å². The highest BCUT2D eigenvalue weighted by Crippen LogP contribution is 2.31. The third-order valence-corrected chi connectivity index (χ3v) is 4.89. The number of anilines is 1. The summed E-state index contributed by atoms with van der Waals surface area (Å²) >= 11 is 0. The Morgan fingerprint density at radius 1 is 1.12 bits per heavy atom. The zero-order valence-electron chi connectivity index (χ0n) is 19.1. The SMILES string of the molecule is CCCCCNC(=O)N(C)c1cccc(-c2ccc(/C=C/C(=O)O)cc2OCCCC)n1. The van der Waals surface area contributed by atoms with Crippen LogP contribution in [0.5, 0.6) is 5.75 Å². The highest BCUT2D eigenvalue weighted by molar-refractivity contribution is 5.90. The fraction of sp³-hybridized carbons (Fsp3) is 0.400. The molecule has 2 amide bonds. The van der Waals surface area contributed by atoms with Gasteiger partial charge in [0.2, 0.25) is 0 Å². The standard InChI is InChI=1S/C25H33N3O4/c1-4-6-8-16-26-25(31)28(3)23-11-9-10-21(27-23)20-14-12-19(13-15-24(29)30)18-22(20)32-17-7-5-2/h9-15,18H,4-8,16-17H2,1-3H3,(H,26,31)(H,29,30)/b15-13+. The van der Waals surface area contributed by atoms with E-state index in [-0.39, 0.29) is 6.03 Å². The maximum Gasteiger partial charge on any atom is 0.328 e. The van der Waals surface area contributed by atoms with E-state index >= 15 is 0 Å². The summed E-state index contributed by atoms with van der Waals surface area (Å²) in [7, 11) is 1.69. The number of pyridine rings is 1. The zero-order valence-corrected chi connectivity index (χ0v) is 19.1. The highest BCUT2D eigenvalue weighted by Gasteiger charge is 2.14. The van der Waals surface area contributed by atoms with E-state index < -0.39 is 5.97 Å². The van der Waals surface area contributed by atoms with Gasteiger partial charge >= 0.3 is 12.0 Å². The number of aliphatic carboxylic acids is 1. The number of urea groups is 1. The van der Waals surface area contributed by atoms with Gasteiger partial charge in [-0.15, -0.1) is 0 Å². The van der Waals surface area contributed by atoms with Crippen molar-refractivity contribution in [3.63, 3.8) is 0 Å². The van der Waals surface area contributed by atoms with E-state index in [4.69, 9.17) is 9.84 Å². The largest absolute Gasteiger partial charge is 0.493 e. The van der Waals surface area contributed by atoms with Crippen LogP contribution >= 0.6 is 0 Å². The number of nitrogens with zero attached hydrogens (tertiary/aromatic N) is 2. The number of carbonyl (C=O) groups excluding carboxylic acids is 1. The zero-order chi connectivity index (χ0) is 23.3. The number of hydrogen-bond acceptors (Lipinski definition) is 4. The predicted octanol–water partition coefficient (Wildman–Crippen LogP) is 5.36. The number of hydrogen-bond donors (Lipinski definition) is 2. The molecule has 0 saturated carbocycles. The third kappa shape index (κ3) is 7.72. The molecule has 0 atom stereocenters. The molecular weight excluding hydrogens is 406 g/mol. The number of ether oxygens (including phenoxy) is 1. The van der Waals surface area contributed by atoms with E-state index in [2.05, 4.69) is 24.1 Å². The van der Waals surface area contributed by atoms with Crippen LogP contribution in [0.3, 0.4) is 0 Å². The number of nitrogens with one attached hydrogen (secondary N) is 1. The number of amides is 2. The van der Waals surface area contributed by atoms with Crippen molar-refractivity contribution in [1.82, 2.24) is 10.3 Å². The van der Waals surface area contributed by atoms with Gasteiger partial charge in [0.15, 0.2) is 0 Å². The van der Waals surface area contributed by atoms with Crippen LogP contribution in [-0.4, -0.2) is 42.3 Å². The topological polar surface area (TPSA) is 91.8 Å². The predicted molar refractivity (Wildman–Crippen MR) is 128 cm³/mol. The van der Waals surface area contributed by atoms with E-state index in [1.807, 2.05) is 30.3 Å². The van der Waals surface area contributed by atoms with E-state index in [0.717, 1.165) is 49.3 Å². The van der Waals surface area contributed by atoms with Crippen molar-refractivity contribution in [2.75, 3.05) is 25.1 Å². The van der Waals surface area contributed by atoms with Gasteiger partial charge in [-0.25, -0.2) is 14.6 Å². The molecule has 0 radical (unpaired) electrons. The quantitative estimate of drug-likeness (QED) is 0.343. The molecule has 2 rings (SSSR count). The second kappa shape index (κ2) is 13.1. The van der Waals surface area contributed by atoms with Gasteiger partial charge in [0, 0.05) is 25.2 Å². The summed E-state index contributed by atoms with van der Waals surface area (Å²) in [6, 6.07) is 10.8. The number of carbonyl (C=O) groups is 2. The molecule has 2 aromatic rings. The molecule has 0 aliphatic heterocycles. The van der Waals surface area contributed by atoms with Gasteiger partial charge in [0.25, 0.3) is 0 Å². The Morgan fingerprint density at radius 2 is 1.91 bits per heavy atom. The fourth-order valence-electron chi connectivity index (χ4n) is 3.02. The van der Waals surface area contributed by atoms with Crippen LogP contribution in [0.25, 0.3) is 17.3 Å². The Labute approximate surface area is 190 Å². The molecule has 0 bridgehead atoms. The second-order valence-corrected chi connectivity index (χ2v) is 7.51. The summed E-state index contributed by atoms with van der Waals surface area (Å²) in [5, 5.41) is 11.8. The third-order valence-electron chi connectivity index (χ3n) is 4.89. The first-order valence-corrected chi connectivity index (χ1v) is 11.1. The van der Waals surface area contributed by atoms with Crippen molar-refractivity contribution < 1.29 is 19.4 Å². The Hall–Kier alpha value is -3.35. The summed E-state index contributed by atoms with van der Waals surface area (Å²) in [6.45, 7) is 5.40. The maximum atomic E-state index is 12.5. The van der Waals surface area contributed by atoms with Gasteiger partial charge < -0.3 is 15.2 Å². The lowest BCUT2D eigenvalue weighted by Gasteiger charge is -2.18. The van der Waals surface area contributed by atoms with Crippen LogP contribution in [0, 0.1) is 0 Å². The molecule has 172 valence electrons. The molecule has 0 fully saturated rings. The van der Waals surface area contributed by atoms with Crippen LogP contribution in [0.2, 0.25) is 0 Å². The first-order chi connectivity index (χ1) is 15.5. The smallest absolute Gasteiger partial charge is 0.328 e. The summed E-state index contributed by atoms with van der Waals surface area (Å²) in [5.74, 6) is 0.153. The van der Waals surface area contributed by atoms with E-state index in [1.165, 1.54) is 11.0 Å². The van der Waals surface area contributed by atoms with Crippen molar-refractivity contribution in [2.24, 2.45) is 0 Å². The number of carboxylic acid groups (broad SMARTS) is 1. The van der Waals surface area contributed by atoms with Crippen molar-refractivity contribution in [2.45, 2.75) is 46.0 Å². The van der Waals surface area contributed by atoms with Gasteiger partial charge in [-0.05, 0) is 48.7 Å². The average Bonchev–Trinajstić information content (AvgIpc) is 2.80. The van der Waals surface area contributed by atoms with Crippen LogP contribution < -0.4 is 15.0 Å². The summed E-state index contributed by atoms with van der Waals surface area (Å²) in [4.78, 5) is 29.5. The Morgan fingerprint density at radius 3 is 2.62 bits per heavy atom. The summed E-state index contributed by atoms with van der Waals surface area (Å²) < 4.78 is 5.99. The van der Waals surface area contributed by atoms with Crippen LogP contribution in [0.4, 0.5) is 10.6 Å². The minimum absolute atomic E-state index is 0.195. The molecule has 0 spiro atoms. The lowest BCUT2D eigenvalue weighted by Crippen LogP contribution is -2.38. The van der Waals surface area contributed by atoms with E-state index in [1.54, 1.807) is 13.1 Å². The molecule has 0 aliphatic carbocycles. The minimum Gasteiger partial charge on any atom is -0.493 e. The van der Waals surface area contributed by atoms with E-state index in [0.29, 0.717) is 30.4 Å². The number of carboxylic acids is 1. The van der Waals surface area contributed by atoms with Crippen molar-refractivity contribution in [1.29, 1.82) is 0 Å². The number of unbranched alkanes of at least 4 members (excludes halogenated alkanes) is 3. The molecule has 1 aromatic heterocycles. The van der Waals surface area contributed by atoms with Crippen molar-refractivity contribution in [3.8, 4) is 17.0 Å². The number of aromatic nitrogens is 1. The van der Waals surface area contributed by atoms with Crippen LogP contribution in [0.1, 0.15) is 51.5 Å². The minimum atomic E-state index is -1.01. The van der Waals surface area contributed by atoms with Gasteiger partial charge in [-0.1, -0.05) is 45.2 Å². The molecule has 7 heteroatoms. The molecule has 1 heterocycles. The van der Waals surface area contributed by atoms with Gasteiger partial charge in [0.05, 0.1) is 12.3 Å². The molecule has 32 heavy (non-hydrogen) atoms. The number of benzene rings is 1. The van der Waals surface area contributed by atoms with Gasteiger partial charge in [-0.2, -0.15) is 0 Å². The number of rotatable bonds is 12. The molecule has 2 N–H and O–H groups in total. The second-order valence-electron chi connectivity index (χ2n) is 7.51. The Kier molecular flexibility index (Phi) is 10.2. The lowest BCUT2D eigenvalue weighted by atomic mass is 10.1. The summed E-state index contributed by atoms with van der Waals surface area (Å²) in [5.41, 5.74) is 2.18. The average molecular weight is 440 g/mol. The van der Waals surface area contributed by atoms with Crippen molar-refractivity contribution in [3.05, 3.63) is 48.0 Å². The maximum absolute atomic E-state index is 12.5. The summed E-state index contributed by atoms with van der Waals surface area (Å²) in [6.07, 6.45) is 7.66. The molecule has 7 nitrogen and oxygen atoms in total. The molecular formula is C25H33N3O4. The van der Waals surface area contributed by atoms with E-state index in [9.17, 15) is 9.59 Å². The Bertz CT molecular complexity index is 927. The molecule has 0 saturated heterocycles. The van der Waals surface area contributed by atoms with Crippen LogP contribution in [0.15, 0.2) is 42.5 Å². The fourth-order valence-corrected chi connectivity index (χ4v) is 3.02. The molecule has 0 unspecified atom stereocenters. The highest BCUT2D eigenvalue weighted by atomic mass is 16.5. The first-order valence-electron chi connectivity index (χ1n) is 11.1. The molecule has 0 aliphatic rings. The monoisotopic (exact) mass is 439 g/mol. The first kappa shape index (κ1) is 24.9. The lowest BCUT2D eigenvalue weighted by molar-refractivity contribution is -0.131. The normalized spacial score (nSPS) is 10.8. The van der Waals surface area contributed by atoms with Crippen molar-refractivity contribution >= 4 is 23.9 Å². The van der Waals surface area contributed by atoms with Gasteiger partial charge in [0.1, 0.15) is 11.6 Å². The Balaban J connectivity index is 2.27.